The Balaban J connectivity index is 1.48. The average Bonchev–Trinajstić information content (AvgIpc) is 3.00. The summed E-state index contributed by atoms with van der Waals surface area (Å²) in [5, 5.41) is 11.2. The molecule has 7 heteroatoms. The molecule has 0 unspecified atom stereocenters. The standard InChI is InChI=1S/C18H17N3O3S/c1-12-9-16(21-24-12)20-18(23)11-25-10-17(22)19-15-8-4-6-13-5-2-3-7-14(13)15/h2-9H,10-11H2,1H3,(H,19,22)(H,20,21,23). The van der Waals surface area contributed by atoms with E-state index >= 15 is 0 Å². The van der Waals surface area contributed by atoms with Gasteiger partial charge in [-0.3, -0.25) is 9.59 Å². The number of thioether (sulfide) groups is 1. The lowest BCUT2D eigenvalue weighted by Gasteiger charge is -2.08. The number of carbonyl (C=O) groups excluding carboxylic acids is 2. The Bertz CT molecular complexity index is 902. The first kappa shape index (κ1) is 17.0. The molecule has 0 saturated heterocycles. The molecule has 0 spiro atoms. The van der Waals surface area contributed by atoms with E-state index in [1.807, 2.05) is 42.5 Å². The number of carbonyl (C=O) groups is 2. The number of rotatable bonds is 6. The van der Waals surface area contributed by atoms with E-state index in [9.17, 15) is 9.59 Å². The van der Waals surface area contributed by atoms with Crippen molar-refractivity contribution in [2.24, 2.45) is 0 Å². The van der Waals surface area contributed by atoms with Crippen LogP contribution in [0, 0.1) is 6.92 Å². The van der Waals surface area contributed by atoms with Crippen LogP contribution in [0.4, 0.5) is 11.5 Å². The number of anilines is 2. The lowest BCUT2D eigenvalue weighted by atomic mass is 10.1. The molecule has 0 aliphatic rings. The number of aryl methyl sites for hydroxylation is 1. The Morgan fingerprint density at radius 1 is 1.04 bits per heavy atom. The first-order valence-corrected chi connectivity index (χ1v) is 8.86. The van der Waals surface area contributed by atoms with Gasteiger partial charge in [-0.25, -0.2) is 0 Å². The maximum atomic E-state index is 12.1. The van der Waals surface area contributed by atoms with Gasteiger partial charge >= 0.3 is 0 Å². The van der Waals surface area contributed by atoms with Crippen molar-refractivity contribution in [2.75, 3.05) is 22.1 Å². The third kappa shape index (κ3) is 4.60. The van der Waals surface area contributed by atoms with Crippen molar-refractivity contribution in [1.82, 2.24) is 5.16 Å². The van der Waals surface area contributed by atoms with Gasteiger partial charge in [-0.05, 0) is 18.4 Å². The number of aromatic nitrogens is 1. The normalized spacial score (nSPS) is 10.6. The molecule has 3 rings (SSSR count). The van der Waals surface area contributed by atoms with Crippen LogP contribution in [-0.4, -0.2) is 28.5 Å². The van der Waals surface area contributed by atoms with Crippen LogP contribution < -0.4 is 10.6 Å². The van der Waals surface area contributed by atoms with Gasteiger partial charge in [-0.2, -0.15) is 0 Å². The zero-order chi connectivity index (χ0) is 17.6. The molecule has 2 aromatic carbocycles. The van der Waals surface area contributed by atoms with Gasteiger partial charge in [-0.1, -0.05) is 41.6 Å². The number of nitrogens with zero attached hydrogens (tertiary/aromatic N) is 1. The zero-order valence-corrected chi connectivity index (χ0v) is 14.4. The lowest BCUT2D eigenvalue weighted by Crippen LogP contribution is -2.18. The van der Waals surface area contributed by atoms with Gasteiger partial charge in [0, 0.05) is 17.1 Å². The molecule has 2 amide bonds. The van der Waals surface area contributed by atoms with Crippen LogP contribution >= 0.6 is 11.8 Å². The van der Waals surface area contributed by atoms with Crippen LogP contribution in [0.1, 0.15) is 5.76 Å². The minimum Gasteiger partial charge on any atom is -0.360 e. The van der Waals surface area contributed by atoms with E-state index in [1.165, 1.54) is 11.8 Å². The summed E-state index contributed by atoms with van der Waals surface area (Å²) in [5.74, 6) is 0.979. The quantitative estimate of drug-likeness (QED) is 0.707. The summed E-state index contributed by atoms with van der Waals surface area (Å²) in [5.41, 5.74) is 0.770. The Morgan fingerprint density at radius 2 is 1.76 bits per heavy atom. The molecule has 0 atom stereocenters. The third-order valence-corrected chi connectivity index (χ3v) is 4.36. The molecule has 0 aliphatic carbocycles. The molecular formula is C18H17N3O3S. The van der Waals surface area contributed by atoms with Gasteiger partial charge in [0.05, 0.1) is 11.5 Å². The fourth-order valence-corrected chi connectivity index (χ4v) is 2.98. The van der Waals surface area contributed by atoms with Crippen molar-refractivity contribution in [3.63, 3.8) is 0 Å². The second kappa shape index (κ2) is 7.85. The Morgan fingerprint density at radius 3 is 2.52 bits per heavy atom. The highest BCUT2D eigenvalue weighted by atomic mass is 32.2. The predicted octanol–water partition coefficient (Wildman–Crippen LogP) is 3.45. The summed E-state index contributed by atoms with van der Waals surface area (Å²) < 4.78 is 4.87. The van der Waals surface area contributed by atoms with E-state index in [-0.39, 0.29) is 23.3 Å². The van der Waals surface area contributed by atoms with Gasteiger partial charge in [0.2, 0.25) is 11.8 Å². The van der Waals surface area contributed by atoms with Crippen molar-refractivity contribution in [1.29, 1.82) is 0 Å². The smallest absolute Gasteiger partial charge is 0.235 e. The van der Waals surface area contributed by atoms with Crippen molar-refractivity contribution in [3.05, 3.63) is 54.3 Å². The molecule has 1 heterocycles. The molecule has 0 fully saturated rings. The molecule has 3 aromatic rings. The fraction of sp³-hybridized carbons (Fsp3) is 0.167. The zero-order valence-electron chi connectivity index (χ0n) is 13.6. The van der Waals surface area contributed by atoms with E-state index in [2.05, 4.69) is 15.8 Å². The number of benzene rings is 2. The van der Waals surface area contributed by atoms with Crippen molar-refractivity contribution >= 4 is 45.9 Å². The molecule has 1 aromatic heterocycles. The highest BCUT2D eigenvalue weighted by Crippen LogP contribution is 2.23. The van der Waals surface area contributed by atoms with Crippen LogP contribution in [0.5, 0.6) is 0 Å². The summed E-state index contributed by atoms with van der Waals surface area (Å²) in [6.45, 7) is 1.75. The minimum absolute atomic E-state index is 0.147. The fourth-order valence-electron chi connectivity index (χ4n) is 2.36. The number of amides is 2. The van der Waals surface area contributed by atoms with E-state index in [0.29, 0.717) is 11.6 Å². The highest BCUT2D eigenvalue weighted by Gasteiger charge is 2.09. The van der Waals surface area contributed by atoms with E-state index in [0.717, 1.165) is 16.5 Å². The van der Waals surface area contributed by atoms with Crippen molar-refractivity contribution in [2.45, 2.75) is 6.92 Å². The van der Waals surface area contributed by atoms with E-state index in [4.69, 9.17) is 4.52 Å². The first-order chi connectivity index (χ1) is 12.1. The number of hydrogen-bond donors (Lipinski definition) is 2. The Kier molecular flexibility index (Phi) is 5.35. The number of fused-ring (bicyclic) bond motifs is 1. The SMILES string of the molecule is Cc1cc(NC(=O)CSCC(=O)Nc2cccc3ccccc23)no1. The molecule has 2 N–H and O–H groups in total. The molecule has 25 heavy (non-hydrogen) atoms. The van der Waals surface area contributed by atoms with Crippen LogP contribution in [0.3, 0.4) is 0 Å². The highest BCUT2D eigenvalue weighted by molar-refractivity contribution is 8.00. The maximum absolute atomic E-state index is 12.1. The molecule has 6 nitrogen and oxygen atoms in total. The monoisotopic (exact) mass is 355 g/mol. The second-order valence-electron chi connectivity index (χ2n) is 5.44. The summed E-state index contributed by atoms with van der Waals surface area (Å²) in [6, 6.07) is 15.2. The average molecular weight is 355 g/mol. The first-order valence-electron chi connectivity index (χ1n) is 7.70. The summed E-state index contributed by atoms with van der Waals surface area (Å²) >= 11 is 1.24. The van der Waals surface area contributed by atoms with Gasteiger partial charge in [-0.15, -0.1) is 11.8 Å². The summed E-state index contributed by atoms with van der Waals surface area (Å²) in [4.78, 5) is 23.9. The second-order valence-corrected chi connectivity index (χ2v) is 6.42. The van der Waals surface area contributed by atoms with Crippen LogP contribution in [0.2, 0.25) is 0 Å². The predicted molar refractivity (Wildman–Crippen MR) is 99.8 cm³/mol. The number of nitrogens with one attached hydrogen (secondary N) is 2. The Hall–Kier alpha value is -2.80. The summed E-state index contributed by atoms with van der Waals surface area (Å²) in [7, 11) is 0. The van der Waals surface area contributed by atoms with Crippen LogP contribution in [0.25, 0.3) is 10.8 Å². The molecule has 128 valence electrons. The van der Waals surface area contributed by atoms with Crippen LogP contribution in [0.15, 0.2) is 53.1 Å². The van der Waals surface area contributed by atoms with Gasteiger partial charge in [0.25, 0.3) is 0 Å². The minimum atomic E-state index is -0.226. The van der Waals surface area contributed by atoms with Gasteiger partial charge in [0.15, 0.2) is 5.82 Å². The topological polar surface area (TPSA) is 84.2 Å². The largest absolute Gasteiger partial charge is 0.360 e. The van der Waals surface area contributed by atoms with E-state index in [1.54, 1.807) is 13.0 Å². The Labute approximate surface area is 149 Å². The van der Waals surface area contributed by atoms with Crippen LogP contribution in [-0.2, 0) is 9.59 Å². The molecule has 0 radical (unpaired) electrons. The van der Waals surface area contributed by atoms with Crippen molar-refractivity contribution in [3.8, 4) is 0 Å². The maximum Gasteiger partial charge on any atom is 0.235 e. The number of hydrogen-bond acceptors (Lipinski definition) is 5. The van der Waals surface area contributed by atoms with E-state index < -0.39 is 0 Å². The molecule has 0 aliphatic heterocycles. The lowest BCUT2D eigenvalue weighted by molar-refractivity contribution is -0.114. The van der Waals surface area contributed by atoms with Crippen molar-refractivity contribution < 1.29 is 14.1 Å². The van der Waals surface area contributed by atoms with Gasteiger partial charge in [0.1, 0.15) is 5.76 Å². The van der Waals surface area contributed by atoms with Gasteiger partial charge < -0.3 is 15.2 Å². The summed E-state index contributed by atoms with van der Waals surface area (Å²) in [6.07, 6.45) is 0. The molecule has 0 saturated carbocycles. The molecule has 0 bridgehead atoms. The molecular weight excluding hydrogens is 338 g/mol. The third-order valence-electron chi connectivity index (χ3n) is 3.43.